The summed E-state index contributed by atoms with van der Waals surface area (Å²) in [5.41, 5.74) is -0.0859. The molecule has 0 spiro atoms. The van der Waals surface area contributed by atoms with Crippen molar-refractivity contribution in [1.29, 1.82) is 0 Å². The van der Waals surface area contributed by atoms with Crippen LogP contribution in [0.5, 0.6) is 0 Å². The van der Waals surface area contributed by atoms with Gasteiger partial charge >= 0.3 is 35.8 Å². The molecular weight excluding hydrogens is 507 g/mol. The van der Waals surface area contributed by atoms with E-state index in [0.29, 0.717) is 0 Å². The Labute approximate surface area is 170 Å². The molecule has 0 fully saturated rings. The molecule has 0 bridgehead atoms. The van der Waals surface area contributed by atoms with E-state index in [-0.39, 0.29) is 5.56 Å². The largest absolute Gasteiger partial charge is 0.460 e. The first kappa shape index (κ1) is 28.3. The Morgan fingerprint density at radius 1 is 0.656 bits per heavy atom. The Morgan fingerprint density at radius 3 is 1.44 bits per heavy atom. The van der Waals surface area contributed by atoms with Crippen molar-refractivity contribution in [3.63, 3.8) is 0 Å². The van der Waals surface area contributed by atoms with Gasteiger partial charge in [-0.05, 0) is 30.5 Å². The molecule has 0 aliphatic heterocycles. The highest BCUT2D eigenvalue weighted by atomic mass is 32.2. The number of benzene rings is 1. The average Bonchev–Trinajstić information content (AvgIpc) is 2.59. The maximum absolute atomic E-state index is 13.6. The fourth-order valence-electron chi connectivity index (χ4n) is 2.30. The summed E-state index contributed by atoms with van der Waals surface area (Å²) in [4.78, 5) is -0.662. The lowest BCUT2D eigenvalue weighted by Crippen LogP contribution is -2.70. The summed E-state index contributed by atoms with van der Waals surface area (Å²) >= 11 is 0. The van der Waals surface area contributed by atoms with E-state index in [1.807, 2.05) is 0 Å². The second-order valence-electron chi connectivity index (χ2n) is 6.47. The van der Waals surface area contributed by atoms with E-state index in [1.165, 1.54) is 0 Å². The number of hydrogen-bond acceptors (Lipinski definition) is 2. The Hall–Kier alpha value is -1.78. The van der Waals surface area contributed by atoms with Crippen molar-refractivity contribution in [2.45, 2.75) is 59.9 Å². The van der Waals surface area contributed by atoms with E-state index < -0.39 is 70.1 Å². The summed E-state index contributed by atoms with van der Waals surface area (Å²) in [7, 11) is -4.65. The van der Waals surface area contributed by atoms with Crippen molar-refractivity contribution in [2.24, 2.45) is 0 Å². The lowest BCUT2D eigenvalue weighted by Gasteiger charge is -2.39. The Balaban J connectivity index is 3.08. The number of hydrogen-bond donors (Lipinski definition) is 1. The van der Waals surface area contributed by atoms with E-state index >= 15 is 0 Å². The second-order valence-corrected chi connectivity index (χ2v) is 7.89. The topological polar surface area (TPSA) is 54.4 Å². The molecule has 0 amide bonds. The molecule has 3 nitrogen and oxygen atoms in total. The zero-order chi connectivity index (χ0) is 25.6. The first-order valence-electron chi connectivity index (χ1n) is 7.96. The fourth-order valence-corrected chi connectivity index (χ4v) is 2.78. The van der Waals surface area contributed by atoms with Gasteiger partial charge in [0, 0.05) is 6.42 Å². The lowest BCUT2D eigenvalue weighted by molar-refractivity contribution is -0.440. The highest BCUT2D eigenvalue weighted by Crippen LogP contribution is 2.60. The van der Waals surface area contributed by atoms with Gasteiger partial charge < -0.3 is 0 Å². The van der Waals surface area contributed by atoms with Crippen LogP contribution < -0.4 is 0 Å². The highest BCUT2D eigenvalue weighted by molar-refractivity contribution is 7.85. The molecule has 17 heteroatoms. The summed E-state index contributed by atoms with van der Waals surface area (Å²) in [5, 5.41) is 0. The van der Waals surface area contributed by atoms with Crippen LogP contribution in [-0.2, 0) is 16.5 Å². The van der Waals surface area contributed by atoms with Crippen LogP contribution in [0.1, 0.15) is 18.4 Å². The minimum Gasteiger partial charge on any atom is -0.282 e. The first-order valence-corrected chi connectivity index (χ1v) is 9.40. The molecule has 0 saturated carbocycles. The van der Waals surface area contributed by atoms with Gasteiger partial charge in [0.05, 0.1) is 4.90 Å². The van der Waals surface area contributed by atoms with Crippen LogP contribution >= 0.6 is 0 Å². The zero-order valence-electron chi connectivity index (χ0n) is 15.0. The zero-order valence-corrected chi connectivity index (χ0v) is 15.8. The minimum atomic E-state index is -7.93. The van der Waals surface area contributed by atoms with Gasteiger partial charge in [0.2, 0.25) is 0 Å². The van der Waals surface area contributed by atoms with E-state index in [0.717, 1.165) is 24.3 Å². The highest BCUT2D eigenvalue weighted by Gasteiger charge is 2.90. The summed E-state index contributed by atoms with van der Waals surface area (Å²) in [5.74, 6) is -37.0. The first-order chi connectivity index (χ1) is 13.9. The van der Waals surface area contributed by atoms with Crippen LogP contribution in [-0.4, -0.2) is 48.8 Å². The van der Waals surface area contributed by atoms with Gasteiger partial charge in [0.15, 0.2) is 0 Å². The third-order valence-electron chi connectivity index (χ3n) is 4.18. The predicted octanol–water partition coefficient (Wildman–Crippen LogP) is 5.99. The maximum atomic E-state index is 13.6. The second kappa shape index (κ2) is 8.22. The van der Waals surface area contributed by atoms with E-state index in [9.17, 15) is 65.5 Å². The third-order valence-corrected chi connectivity index (χ3v) is 5.04. The van der Waals surface area contributed by atoms with Crippen LogP contribution in [0, 0.1) is 0 Å². The molecule has 1 aromatic rings. The van der Waals surface area contributed by atoms with Crippen LogP contribution in [0.4, 0.5) is 57.1 Å². The molecule has 0 aliphatic carbocycles. The molecule has 0 saturated heterocycles. The minimum absolute atomic E-state index is 0.0859. The smallest absolute Gasteiger partial charge is 0.282 e. The molecule has 0 aromatic heterocycles. The number of halogens is 13. The summed E-state index contributed by atoms with van der Waals surface area (Å²) in [6, 6.07) is 3.24. The SMILES string of the molecule is O=S(=O)(O)c1ccc(CCCC(F)(F)C(F)(F)C(F)(F)C(F)(F)C(F)(F)C(F)(F)F)cc1. The molecule has 0 unspecified atom stereocenters. The van der Waals surface area contributed by atoms with Gasteiger partial charge in [-0.25, -0.2) is 0 Å². The number of rotatable bonds is 9. The third kappa shape index (κ3) is 4.77. The molecule has 1 aromatic carbocycles. The number of aryl methyl sites for hydroxylation is 1. The van der Waals surface area contributed by atoms with Gasteiger partial charge in [-0.3, -0.25) is 4.55 Å². The van der Waals surface area contributed by atoms with Crippen LogP contribution in [0.3, 0.4) is 0 Å². The Morgan fingerprint density at radius 2 is 1.06 bits per heavy atom. The summed E-state index contributed by atoms with van der Waals surface area (Å²) in [6.45, 7) is 0. The molecule has 1 rings (SSSR count). The molecule has 0 radical (unpaired) electrons. The van der Waals surface area contributed by atoms with Crippen molar-refractivity contribution in [3.8, 4) is 0 Å². The predicted molar refractivity (Wildman–Crippen MR) is 80.0 cm³/mol. The van der Waals surface area contributed by atoms with Gasteiger partial charge in [-0.15, -0.1) is 0 Å². The summed E-state index contributed by atoms with van der Waals surface area (Å²) < 4.78 is 199. The van der Waals surface area contributed by atoms with Gasteiger partial charge in [0.1, 0.15) is 0 Å². The average molecular weight is 518 g/mol. The molecular formula is C15H11F13O3S. The van der Waals surface area contributed by atoms with E-state index in [1.54, 1.807) is 0 Å². The van der Waals surface area contributed by atoms with Crippen molar-refractivity contribution >= 4 is 10.1 Å². The normalized spacial score (nSPS) is 15.2. The van der Waals surface area contributed by atoms with E-state index in [2.05, 4.69) is 0 Å². The molecule has 1 N–H and O–H groups in total. The molecule has 186 valence electrons. The van der Waals surface area contributed by atoms with E-state index in [4.69, 9.17) is 4.55 Å². The molecule has 32 heavy (non-hydrogen) atoms. The van der Waals surface area contributed by atoms with Gasteiger partial charge in [-0.1, -0.05) is 12.1 Å². The molecule has 0 heterocycles. The van der Waals surface area contributed by atoms with Crippen LogP contribution in [0.15, 0.2) is 29.2 Å². The Bertz CT molecular complexity index is 905. The monoisotopic (exact) mass is 518 g/mol. The van der Waals surface area contributed by atoms with Crippen molar-refractivity contribution in [3.05, 3.63) is 29.8 Å². The van der Waals surface area contributed by atoms with Crippen molar-refractivity contribution in [2.75, 3.05) is 0 Å². The quantitative estimate of drug-likeness (QED) is 0.323. The maximum Gasteiger partial charge on any atom is 0.460 e. The summed E-state index contributed by atoms with van der Waals surface area (Å²) in [6.07, 6.45) is -11.7. The number of alkyl halides is 13. The fraction of sp³-hybridized carbons (Fsp3) is 0.600. The van der Waals surface area contributed by atoms with Crippen LogP contribution in [0.25, 0.3) is 0 Å². The standard InChI is InChI=1S/C15H11F13O3S/c16-10(17,7-1-2-8-3-5-9(6-4-8)32(29,30)31)11(18,19)12(20,21)13(22,23)14(24,25)15(26,27)28/h3-6H,1-2,7H2,(H,29,30,31). The van der Waals surface area contributed by atoms with Crippen molar-refractivity contribution < 1.29 is 70.0 Å². The lowest BCUT2D eigenvalue weighted by atomic mass is 9.91. The van der Waals surface area contributed by atoms with Gasteiger partial charge in [0.25, 0.3) is 10.1 Å². The Kier molecular flexibility index (Phi) is 7.25. The van der Waals surface area contributed by atoms with Gasteiger partial charge in [-0.2, -0.15) is 65.5 Å². The molecule has 0 aliphatic rings. The van der Waals surface area contributed by atoms with Crippen LogP contribution in [0.2, 0.25) is 0 Å². The molecule has 0 atom stereocenters. The van der Waals surface area contributed by atoms with Crippen molar-refractivity contribution in [1.82, 2.24) is 0 Å².